The van der Waals surface area contributed by atoms with Crippen molar-refractivity contribution in [2.24, 2.45) is 11.7 Å². The van der Waals surface area contributed by atoms with Gasteiger partial charge in [-0.05, 0) is 95.3 Å². The number of esters is 1. The second kappa shape index (κ2) is 16.8. The Kier molecular flexibility index (Phi) is 12.0. The van der Waals surface area contributed by atoms with Crippen LogP contribution in [-0.4, -0.2) is 107 Å². The van der Waals surface area contributed by atoms with Crippen LogP contribution in [0.2, 0.25) is 0 Å². The lowest BCUT2D eigenvalue weighted by molar-refractivity contribution is -0.155. The van der Waals surface area contributed by atoms with Gasteiger partial charge in [0, 0.05) is 70.4 Å². The molecule has 12 heteroatoms. The number of fused-ring (bicyclic) bond motifs is 1. The van der Waals surface area contributed by atoms with Gasteiger partial charge in [-0.15, -0.1) is 0 Å². The van der Waals surface area contributed by atoms with Crippen LogP contribution in [0.1, 0.15) is 69.3 Å². The third-order valence-corrected chi connectivity index (χ3v) is 10.1. The first-order chi connectivity index (χ1) is 25.0. The van der Waals surface area contributed by atoms with Gasteiger partial charge < -0.3 is 30.3 Å². The van der Waals surface area contributed by atoms with E-state index in [1.165, 1.54) is 0 Å². The molecule has 3 aliphatic rings. The molecule has 3 aliphatic heterocycles. The maximum Gasteiger partial charge on any atom is 0.306 e. The van der Waals surface area contributed by atoms with Gasteiger partial charge in [0.25, 0.3) is 5.91 Å². The quantitative estimate of drug-likeness (QED) is 0.189. The van der Waals surface area contributed by atoms with E-state index in [9.17, 15) is 14.4 Å². The number of ether oxygens (including phenoxy) is 2. The number of carbonyl (C=O) groups excluding carboxylic acids is 3. The molecular formula is C40H53N7O5. The molecule has 2 saturated heterocycles. The van der Waals surface area contributed by atoms with Crippen LogP contribution in [0.4, 0.5) is 5.82 Å². The Hall–Kier alpha value is -4.68. The molecular weight excluding hydrogens is 658 g/mol. The second-order valence-corrected chi connectivity index (χ2v) is 15.0. The minimum absolute atomic E-state index is 0.0577. The van der Waals surface area contributed by atoms with E-state index in [1.54, 1.807) is 6.08 Å². The summed E-state index contributed by atoms with van der Waals surface area (Å²) in [4.78, 5) is 44.6. The molecule has 3 N–H and O–H groups in total. The molecule has 1 unspecified atom stereocenters. The highest BCUT2D eigenvalue weighted by Gasteiger charge is 2.36. The minimum Gasteiger partial charge on any atom is -0.460 e. The van der Waals surface area contributed by atoms with Crippen LogP contribution in [0.5, 0.6) is 11.5 Å². The molecule has 1 atom stereocenters. The van der Waals surface area contributed by atoms with Crippen molar-refractivity contribution in [3.8, 4) is 22.8 Å². The fourth-order valence-electron chi connectivity index (χ4n) is 7.43. The molecule has 52 heavy (non-hydrogen) atoms. The van der Waals surface area contributed by atoms with Crippen molar-refractivity contribution in [1.82, 2.24) is 24.5 Å². The van der Waals surface area contributed by atoms with E-state index in [0.29, 0.717) is 48.3 Å². The Bertz CT molecular complexity index is 1700. The Labute approximate surface area is 306 Å². The largest absolute Gasteiger partial charge is 0.460 e. The summed E-state index contributed by atoms with van der Waals surface area (Å²) in [6, 6.07) is 17.2. The van der Waals surface area contributed by atoms with Gasteiger partial charge in [0.05, 0.1) is 6.04 Å². The molecule has 6 rings (SSSR count). The summed E-state index contributed by atoms with van der Waals surface area (Å²) in [6.07, 6.45) is 7.58. The van der Waals surface area contributed by atoms with E-state index in [0.717, 1.165) is 82.8 Å². The molecule has 0 radical (unpaired) electrons. The lowest BCUT2D eigenvalue weighted by atomic mass is 9.87. The van der Waals surface area contributed by atoms with Gasteiger partial charge in [-0.1, -0.05) is 24.3 Å². The van der Waals surface area contributed by atoms with E-state index in [2.05, 4.69) is 15.1 Å². The number of rotatable bonds is 12. The van der Waals surface area contributed by atoms with Gasteiger partial charge in [0.15, 0.2) is 0 Å². The monoisotopic (exact) mass is 711 g/mol. The van der Waals surface area contributed by atoms with Crippen LogP contribution in [0.3, 0.4) is 0 Å². The smallest absolute Gasteiger partial charge is 0.306 e. The van der Waals surface area contributed by atoms with Gasteiger partial charge in [0.2, 0.25) is 5.91 Å². The van der Waals surface area contributed by atoms with E-state index < -0.39 is 11.5 Å². The summed E-state index contributed by atoms with van der Waals surface area (Å²) in [5, 5.41) is 8.38. The van der Waals surface area contributed by atoms with Crippen molar-refractivity contribution in [2.75, 3.05) is 64.2 Å². The number of nitrogens with one attached hydrogen (secondary N) is 1. The number of hydrogen-bond acceptors (Lipinski definition) is 9. The predicted octanol–water partition coefficient (Wildman–Crippen LogP) is 5.33. The summed E-state index contributed by atoms with van der Waals surface area (Å²) in [5.41, 5.74) is 7.25. The fraction of sp³-hybridized carbons (Fsp3) is 0.500. The van der Waals surface area contributed by atoms with Gasteiger partial charge in [0.1, 0.15) is 34.2 Å². The van der Waals surface area contributed by atoms with Gasteiger partial charge in [-0.25, -0.2) is 4.68 Å². The minimum atomic E-state index is -0.515. The number of anilines is 1. The summed E-state index contributed by atoms with van der Waals surface area (Å²) in [7, 11) is 0. The number of para-hydroxylation sites is 1. The van der Waals surface area contributed by atoms with Crippen LogP contribution < -0.4 is 15.8 Å². The first-order valence-electron chi connectivity index (χ1n) is 18.7. The Morgan fingerprint density at radius 1 is 0.904 bits per heavy atom. The summed E-state index contributed by atoms with van der Waals surface area (Å²) in [6.45, 7) is 13.2. The van der Waals surface area contributed by atoms with Crippen molar-refractivity contribution >= 4 is 23.6 Å². The van der Waals surface area contributed by atoms with Crippen molar-refractivity contribution in [2.45, 2.75) is 64.5 Å². The third-order valence-electron chi connectivity index (χ3n) is 10.1. The molecule has 0 spiro atoms. The standard InChI is InChI=1S/C40H53N7O5/c1-40(2,3)52-35(49)12-8-22-45-27-25-44(26-28-45)21-7-11-34(48)46-23-18-29(19-24-46)33-17-20-42-39-36(38(41)50)37(43-47(33)39)30-13-15-32(16-14-30)51-31-9-5-4-6-10-31/h4-7,9-11,13-16,29,33,42H,8,12,17-28H2,1-3H3,(H2,41,50)/b11-7+. The first-order valence-corrected chi connectivity index (χ1v) is 18.7. The Morgan fingerprint density at radius 3 is 2.25 bits per heavy atom. The SMILES string of the molecule is CC(C)(C)OC(=O)CCCN1CCN(C/C=C/C(=O)N2CCC(C3CCNc4c(C(N)=O)c(-c5ccc(Oc6ccccc6)cc5)nn43)CC2)CC1. The molecule has 0 saturated carbocycles. The molecule has 2 aromatic carbocycles. The number of piperidine rings is 1. The molecule has 278 valence electrons. The number of nitrogens with two attached hydrogens (primary N) is 1. The van der Waals surface area contributed by atoms with Crippen LogP contribution in [-0.2, 0) is 14.3 Å². The number of nitrogens with zero attached hydrogens (tertiary/aromatic N) is 5. The zero-order valence-electron chi connectivity index (χ0n) is 30.8. The first kappa shape index (κ1) is 37.1. The van der Waals surface area contributed by atoms with E-state index in [-0.39, 0.29) is 17.9 Å². The van der Waals surface area contributed by atoms with Crippen LogP contribution in [0, 0.1) is 5.92 Å². The summed E-state index contributed by atoms with van der Waals surface area (Å²) < 4.78 is 13.3. The molecule has 2 fully saturated rings. The lowest BCUT2D eigenvalue weighted by Gasteiger charge is -2.38. The molecule has 4 heterocycles. The van der Waals surface area contributed by atoms with Crippen molar-refractivity contribution in [3.63, 3.8) is 0 Å². The van der Waals surface area contributed by atoms with E-state index in [1.807, 2.05) is 91.0 Å². The zero-order valence-corrected chi connectivity index (χ0v) is 30.8. The number of piperazine rings is 1. The van der Waals surface area contributed by atoms with Gasteiger partial charge in [-0.3, -0.25) is 19.3 Å². The zero-order chi connectivity index (χ0) is 36.7. The number of benzene rings is 2. The number of carbonyl (C=O) groups is 3. The molecule has 3 aromatic rings. The maximum absolute atomic E-state index is 13.1. The van der Waals surface area contributed by atoms with Crippen molar-refractivity contribution in [1.29, 1.82) is 0 Å². The molecule has 0 aliphatic carbocycles. The highest BCUT2D eigenvalue weighted by atomic mass is 16.6. The maximum atomic E-state index is 13.1. The summed E-state index contributed by atoms with van der Waals surface area (Å²) >= 11 is 0. The lowest BCUT2D eigenvalue weighted by Crippen LogP contribution is -2.46. The summed E-state index contributed by atoms with van der Waals surface area (Å²) in [5.74, 6) is 1.84. The number of amides is 2. The number of aromatic nitrogens is 2. The number of primary amides is 1. The highest BCUT2D eigenvalue weighted by Crippen LogP contribution is 2.40. The topological polar surface area (TPSA) is 135 Å². The average molecular weight is 712 g/mol. The molecule has 2 amide bonds. The van der Waals surface area contributed by atoms with Crippen molar-refractivity contribution < 1.29 is 23.9 Å². The van der Waals surface area contributed by atoms with Crippen LogP contribution in [0.15, 0.2) is 66.7 Å². The predicted molar refractivity (Wildman–Crippen MR) is 201 cm³/mol. The van der Waals surface area contributed by atoms with Gasteiger partial charge >= 0.3 is 5.97 Å². The normalized spacial score (nSPS) is 18.9. The Morgan fingerprint density at radius 2 is 1.58 bits per heavy atom. The van der Waals surface area contributed by atoms with Crippen molar-refractivity contribution in [3.05, 3.63) is 72.3 Å². The average Bonchev–Trinajstić information content (AvgIpc) is 3.53. The van der Waals surface area contributed by atoms with E-state index >= 15 is 0 Å². The number of hydrogen-bond donors (Lipinski definition) is 2. The Balaban J connectivity index is 0.977. The third kappa shape index (κ3) is 9.60. The van der Waals surface area contributed by atoms with E-state index in [4.69, 9.17) is 20.3 Å². The molecule has 1 aromatic heterocycles. The fourth-order valence-corrected chi connectivity index (χ4v) is 7.43. The second-order valence-electron chi connectivity index (χ2n) is 15.0. The van der Waals surface area contributed by atoms with Gasteiger partial charge in [-0.2, -0.15) is 5.10 Å². The van der Waals surface area contributed by atoms with Crippen LogP contribution >= 0.6 is 0 Å². The number of likely N-dealkylation sites (tertiary alicyclic amines) is 1. The highest BCUT2D eigenvalue weighted by molar-refractivity contribution is 6.03. The molecule has 0 bridgehead atoms. The molecule has 12 nitrogen and oxygen atoms in total. The van der Waals surface area contributed by atoms with Crippen LogP contribution in [0.25, 0.3) is 11.3 Å².